The van der Waals surface area contributed by atoms with Gasteiger partial charge in [0.05, 0.1) is 32.0 Å². The van der Waals surface area contributed by atoms with Crippen molar-refractivity contribution in [3.63, 3.8) is 0 Å². The Kier molecular flexibility index (Phi) is 61.4. The van der Waals surface area contributed by atoms with Gasteiger partial charge >= 0.3 is 5.97 Å². The van der Waals surface area contributed by atoms with Crippen LogP contribution in [0.1, 0.15) is 348 Å². The number of carbonyl (C=O) groups is 2. The van der Waals surface area contributed by atoms with Crippen molar-refractivity contribution < 1.29 is 49.3 Å². The first kappa shape index (κ1) is 82.4. The number of aliphatic hydroxyl groups excluding tert-OH is 5. The highest BCUT2D eigenvalue weighted by atomic mass is 16.7. The normalized spacial score (nSPS) is 18.2. The molecule has 0 aromatic rings. The third-order valence-electron chi connectivity index (χ3n) is 17.3. The van der Waals surface area contributed by atoms with Crippen LogP contribution in [0.3, 0.4) is 0 Å². The maximum Gasteiger partial charge on any atom is 0.305 e. The number of unbranched alkanes of at least 4 members (excludes halogenated alkanes) is 43. The zero-order chi connectivity index (χ0) is 63.0. The molecule has 508 valence electrons. The van der Waals surface area contributed by atoms with Gasteiger partial charge < -0.3 is 45.1 Å². The van der Waals surface area contributed by atoms with Gasteiger partial charge in [-0.25, -0.2) is 0 Å². The number of nitrogens with one attached hydrogen (secondary N) is 1. The van der Waals surface area contributed by atoms with E-state index < -0.39 is 49.5 Å². The van der Waals surface area contributed by atoms with Gasteiger partial charge in [-0.05, 0) is 83.5 Å². The number of ether oxygens (including phenoxy) is 3. The average Bonchev–Trinajstić information content (AvgIpc) is 3.72. The highest BCUT2D eigenvalue weighted by Crippen LogP contribution is 2.23. The van der Waals surface area contributed by atoms with Crippen molar-refractivity contribution in [1.82, 2.24) is 5.32 Å². The molecule has 6 N–H and O–H groups in total. The number of amides is 1. The highest BCUT2D eigenvalue weighted by Gasteiger charge is 2.44. The maximum atomic E-state index is 13.0. The summed E-state index contributed by atoms with van der Waals surface area (Å²) in [6, 6.07) is -0.832. The summed E-state index contributed by atoms with van der Waals surface area (Å²) in [6.07, 6.45) is 76.9. The number of carbonyl (C=O) groups excluding carboxylic acids is 2. The summed E-state index contributed by atoms with van der Waals surface area (Å²) >= 11 is 0. The predicted molar refractivity (Wildman–Crippen MR) is 366 cm³/mol. The fourth-order valence-corrected chi connectivity index (χ4v) is 11.6. The van der Waals surface area contributed by atoms with E-state index in [0.29, 0.717) is 19.4 Å². The molecule has 1 heterocycles. The number of esters is 1. The minimum Gasteiger partial charge on any atom is -0.466 e. The van der Waals surface area contributed by atoms with E-state index >= 15 is 0 Å². The van der Waals surface area contributed by atoms with Crippen molar-refractivity contribution in [3.8, 4) is 0 Å². The Hall–Kier alpha value is -2.64. The Morgan fingerprint density at radius 1 is 0.437 bits per heavy atom. The van der Waals surface area contributed by atoms with Crippen molar-refractivity contribution in [2.45, 2.75) is 391 Å². The molecule has 1 rings (SSSR count). The Labute approximate surface area is 535 Å². The number of hydrogen-bond acceptors (Lipinski definition) is 10. The van der Waals surface area contributed by atoms with E-state index in [1.165, 1.54) is 250 Å². The van der Waals surface area contributed by atoms with Gasteiger partial charge in [-0.1, -0.05) is 312 Å². The van der Waals surface area contributed by atoms with Crippen LogP contribution in [-0.4, -0.2) is 100 Å². The van der Waals surface area contributed by atoms with E-state index in [4.69, 9.17) is 14.2 Å². The summed E-state index contributed by atoms with van der Waals surface area (Å²) in [6.45, 7) is 4.23. The lowest BCUT2D eigenvalue weighted by Gasteiger charge is -2.40. The lowest BCUT2D eigenvalue weighted by molar-refractivity contribution is -0.302. The molecule has 0 aromatic heterocycles. The Bertz CT molecular complexity index is 1630. The molecule has 7 atom stereocenters. The zero-order valence-electron chi connectivity index (χ0n) is 56.5. The molecular formula is C76H139NO10. The number of rotatable bonds is 65. The number of allylic oxidation sites excluding steroid dienone is 9. The fraction of sp³-hybridized carbons (Fsp3) is 0.842. The standard InChI is InChI=1S/C76H139NO10/c1-3-5-7-9-11-13-15-44-48-52-56-60-64-72(81)85-65-61-57-53-49-45-42-40-38-36-34-32-30-28-26-24-22-20-18-16-17-19-21-23-25-27-29-31-33-35-37-39-41-43-47-51-55-59-63-71(80)77-68(67-86-76-75(84)74(83)73(82)70(66-78)87-76)69(79)62-58-54-50-46-14-12-10-8-6-4-2/h6,8,14,16,18,22,24,46,58,62,68-70,73-76,78-79,82-84H,3-5,7,9-13,15,17,19-21,23,25-45,47-57,59-61,63-67H2,1-2H3,(H,77,80)/b8-6+,18-16-,24-22-,46-14+,62-58+. The van der Waals surface area contributed by atoms with Crippen LogP contribution < -0.4 is 5.32 Å². The van der Waals surface area contributed by atoms with E-state index in [2.05, 4.69) is 67.8 Å². The summed E-state index contributed by atoms with van der Waals surface area (Å²) in [7, 11) is 0. The quantitative estimate of drug-likeness (QED) is 0.0195. The van der Waals surface area contributed by atoms with Gasteiger partial charge in [-0.2, -0.15) is 0 Å². The topological polar surface area (TPSA) is 175 Å². The molecule has 11 heteroatoms. The third kappa shape index (κ3) is 53.7. The van der Waals surface area contributed by atoms with Crippen LogP contribution in [0.25, 0.3) is 0 Å². The van der Waals surface area contributed by atoms with E-state index in [1.54, 1.807) is 6.08 Å². The molecule has 7 unspecified atom stereocenters. The van der Waals surface area contributed by atoms with Crippen molar-refractivity contribution in [2.75, 3.05) is 19.8 Å². The van der Waals surface area contributed by atoms with Crippen LogP contribution in [0.15, 0.2) is 60.8 Å². The molecule has 0 aliphatic carbocycles. The molecule has 1 aliphatic heterocycles. The second-order valence-electron chi connectivity index (χ2n) is 25.6. The lowest BCUT2D eigenvalue weighted by atomic mass is 9.99. The van der Waals surface area contributed by atoms with Crippen LogP contribution in [0.5, 0.6) is 0 Å². The molecule has 0 bridgehead atoms. The molecule has 0 aromatic carbocycles. The van der Waals surface area contributed by atoms with Crippen LogP contribution in [-0.2, 0) is 23.8 Å². The van der Waals surface area contributed by atoms with Crippen molar-refractivity contribution in [1.29, 1.82) is 0 Å². The third-order valence-corrected chi connectivity index (χ3v) is 17.3. The minimum atomic E-state index is -1.58. The van der Waals surface area contributed by atoms with Gasteiger partial charge in [0.1, 0.15) is 24.4 Å². The minimum absolute atomic E-state index is 0.0129. The van der Waals surface area contributed by atoms with Crippen LogP contribution in [0, 0.1) is 0 Å². The molecule has 1 saturated heterocycles. The zero-order valence-corrected chi connectivity index (χ0v) is 56.5. The fourth-order valence-electron chi connectivity index (χ4n) is 11.6. The Morgan fingerprint density at radius 3 is 1.25 bits per heavy atom. The van der Waals surface area contributed by atoms with Gasteiger partial charge in [0, 0.05) is 12.8 Å². The first-order valence-corrected chi connectivity index (χ1v) is 37.1. The monoisotopic (exact) mass is 1230 g/mol. The van der Waals surface area contributed by atoms with Crippen molar-refractivity contribution >= 4 is 11.9 Å². The molecular weight excluding hydrogens is 1090 g/mol. The summed E-state index contributed by atoms with van der Waals surface area (Å²) in [5.74, 6) is -0.182. The largest absolute Gasteiger partial charge is 0.466 e. The number of hydrogen-bond donors (Lipinski definition) is 6. The van der Waals surface area contributed by atoms with Gasteiger partial charge in [0.15, 0.2) is 6.29 Å². The van der Waals surface area contributed by atoms with Gasteiger partial charge in [-0.3, -0.25) is 9.59 Å². The van der Waals surface area contributed by atoms with Gasteiger partial charge in [-0.15, -0.1) is 0 Å². The molecule has 1 aliphatic rings. The summed E-state index contributed by atoms with van der Waals surface area (Å²) < 4.78 is 16.7. The molecule has 1 fully saturated rings. The summed E-state index contributed by atoms with van der Waals surface area (Å²) in [5, 5.41) is 54.3. The van der Waals surface area contributed by atoms with E-state index in [-0.39, 0.29) is 18.5 Å². The highest BCUT2D eigenvalue weighted by molar-refractivity contribution is 5.76. The summed E-state index contributed by atoms with van der Waals surface area (Å²) in [4.78, 5) is 25.1. The van der Waals surface area contributed by atoms with E-state index in [9.17, 15) is 35.1 Å². The van der Waals surface area contributed by atoms with Gasteiger partial charge in [0.2, 0.25) is 5.91 Å². The smallest absolute Gasteiger partial charge is 0.305 e. The maximum absolute atomic E-state index is 13.0. The molecule has 1 amide bonds. The van der Waals surface area contributed by atoms with Crippen molar-refractivity contribution in [2.24, 2.45) is 0 Å². The van der Waals surface area contributed by atoms with E-state index in [1.807, 2.05) is 6.08 Å². The predicted octanol–water partition coefficient (Wildman–Crippen LogP) is 19.3. The van der Waals surface area contributed by atoms with E-state index in [0.717, 1.165) is 70.6 Å². The Morgan fingerprint density at radius 2 is 0.816 bits per heavy atom. The molecule has 11 nitrogen and oxygen atoms in total. The Balaban J connectivity index is 1.91. The molecule has 87 heavy (non-hydrogen) atoms. The average molecular weight is 1230 g/mol. The first-order chi connectivity index (χ1) is 42.7. The second-order valence-corrected chi connectivity index (χ2v) is 25.6. The second kappa shape index (κ2) is 64.9. The molecule has 0 radical (unpaired) electrons. The van der Waals surface area contributed by atoms with Crippen LogP contribution in [0.4, 0.5) is 0 Å². The lowest BCUT2D eigenvalue weighted by Crippen LogP contribution is -2.60. The number of aliphatic hydroxyl groups is 5. The van der Waals surface area contributed by atoms with Crippen LogP contribution in [0.2, 0.25) is 0 Å². The SMILES string of the molecule is CC/C=C/CC/C=C/CC/C=C/C(O)C(COC1OC(CO)C(O)C(O)C1O)NC(=O)CCCCCCCCCCCCCCCCCCC/C=C\C/C=C\CCCCCCCCCCCCCCCOC(=O)CCCCCCCCCCCCCC. The molecule has 0 saturated carbocycles. The summed E-state index contributed by atoms with van der Waals surface area (Å²) in [5.41, 5.74) is 0. The molecule has 0 spiro atoms. The van der Waals surface area contributed by atoms with Crippen molar-refractivity contribution in [3.05, 3.63) is 60.8 Å². The first-order valence-electron chi connectivity index (χ1n) is 37.1. The van der Waals surface area contributed by atoms with Gasteiger partial charge in [0.25, 0.3) is 0 Å². The van der Waals surface area contributed by atoms with Crippen LogP contribution >= 0.6 is 0 Å².